The van der Waals surface area contributed by atoms with E-state index in [-0.39, 0.29) is 17.7 Å². The van der Waals surface area contributed by atoms with Gasteiger partial charge in [-0.25, -0.2) is 4.98 Å². The van der Waals surface area contributed by atoms with Gasteiger partial charge in [-0.05, 0) is 25.5 Å². The van der Waals surface area contributed by atoms with Crippen LogP contribution in [0, 0.1) is 0 Å². The maximum Gasteiger partial charge on any atom is 0.254 e. The van der Waals surface area contributed by atoms with Gasteiger partial charge in [-0.2, -0.15) is 0 Å². The number of hydrogen-bond donors (Lipinski definition) is 2. The lowest BCUT2D eigenvalue weighted by Gasteiger charge is -2.20. The van der Waals surface area contributed by atoms with Gasteiger partial charge in [0, 0.05) is 25.2 Å². The van der Waals surface area contributed by atoms with Crippen LogP contribution < -0.4 is 5.32 Å². The number of anilines is 1. The van der Waals surface area contributed by atoms with Crippen molar-refractivity contribution in [1.29, 1.82) is 0 Å². The molecule has 0 spiro atoms. The van der Waals surface area contributed by atoms with Gasteiger partial charge in [0.15, 0.2) is 0 Å². The van der Waals surface area contributed by atoms with Crippen molar-refractivity contribution in [2.45, 2.75) is 20.3 Å². The van der Waals surface area contributed by atoms with Crippen molar-refractivity contribution in [2.75, 3.05) is 31.6 Å². The molecule has 5 nitrogen and oxygen atoms in total. The molecule has 1 amide bonds. The Morgan fingerprint density at radius 1 is 1.47 bits per heavy atom. The number of aromatic nitrogens is 1. The van der Waals surface area contributed by atoms with Crippen molar-refractivity contribution in [2.24, 2.45) is 0 Å². The third kappa shape index (κ3) is 4.69. The third-order valence-electron chi connectivity index (χ3n) is 2.64. The molecule has 1 rings (SSSR count). The number of amides is 1. The molecule has 0 atom stereocenters. The van der Waals surface area contributed by atoms with E-state index < -0.39 is 0 Å². The fourth-order valence-corrected chi connectivity index (χ4v) is 1.88. The highest BCUT2D eigenvalue weighted by Crippen LogP contribution is 2.16. The minimum Gasteiger partial charge on any atom is -0.395 e. The Balaban J connectivity index is 2.92. The number of nitrogens with one attached hydrogen (secondary N) is 1. The summed E-state index contributed by atoms with van der Waals surface area (Å²) >= 11 is 5.93. The Kier molecular flexibility index (Phi) is 6.59. The molecule has 0 unspecified atom stereocenters. The van der Waals surface area contributed by atoms with Gasteiger partial charge in [-0.15, -0.1) is 0 Å². The second-order valence-electron chi connectivity index (χ2n) is 4.10. The van der Waals surface area contributed by atoms with Crippen LogP contribution in [0.15, 0.2) is 12.1 Å². The minimum absolute atomic E-state index is 0.0562. The molecule has 0 aliphatic carbocycles. The van der Waals surface area contributed by atoms with E-state index in [1.165, 1.54) is 0 Å². The monoisotopic (exact) mass is 285 g/mol. The van der Waals surface area contributed by atoms with Crippen LogP contribution >= 0.6 is 11.6 Å². The third-order valence-corrected chi connectivity index (χ3v) is 2.83. The van der Waals surface area contributed by atoms with Crippen LogP contribution in [0.1, 0.15) is 30.6 Å². The van der Waals surface area contributed by atoms with Crippen LogP contribution in [0.3, 0.4) is 0 Å². The second-order valence-corrected chi connectivity index (χ2v) is 4.49. The predicted octanol–water partition coefficient (Wildman–Crippen LogP) is 2.01. The molecule has 1 aromatic heterocycles. The molecular formula is C13H20ClN3O2. The summed E-state index contributed by atoms with van der Waals surface area (Å²) in [5, 5.41) is 12.3. The molecule has 0 radical (unpaired) electrons. The molecule has 0 saturated heterocycles. The molecule has 106 valence electrons. The molecule has 0 saturated carbocycles. The molecule has 0 aliphatic heterocycles. The van der Waals surface area contributed by atoms with E-state index in [1.54, 1.807) is 17.0 Å². The van der Waals surface area contributed by atoms with Crippen LogP contribution in [-0.4, -0.2) is 47.1 Å². The first-order chi connectivity index (χ1) is 9.12. The van der Waals surface area contributed by atoms with Crippen LogP contribution in [0.2, 0.25) is 5.15 Å². The number of likely N-dealkylation sites (N-methyl/N-ethyl adjacent to an activating group) is 1. The molecule has 19 heavy (non-hydrogen) atoms. The lowest BCUT2D eigenvalue weighted by atomic mass is 10.2. The molecule has 0 fully saturated rings. The first-order valence-corrected chi connectivity index (χ1v) is 6.81. The molecule has 0 aliphatic rings. The summed E-state index contributed by atoms with van der Waals surface area (Å²) in [6.45, 7) is 5.48. The molecule has 0 aromatic carbocycles. The van der Waals surface area contributed by atoms with Gasteiger partial charge in [0.2, 0.25) is 0 Å². The number of carbonyl (C=O) groups is 1. The number of nitrogens with zero attached hydrogens (tertiary/aromatic N) is 2. The quantitative estimate of drug-likeness (QED) is 0.752. The predicted molar refractivity (Wildman–Crippen MR) is 76.7 cm³/mol. The van der Waals surface area contributed by atoms with Gasteiger partial charge in [-0.1, -0.05) is 18.5 Å². The second kappa shape index (κ2) is 7.96. The van der Waals surface area contributed by atoms with Gasteiger partial charge in [0.05, 0.1) is 6.61 Å². The highest BCUT2D eigenvalue weighted by atomic mass is 35.5. The largest absolute Gasteiger partial charge is 0.395 e. The van der Waals surface area contributed by atoms with Crippen molar-refractivity contribution < 1.29 is 9.90 Å². The fraction of sp³-hybridized carbons (Fsp3) is 0.538. The number of halogens is 1. The van der Waals surface area contributed by atoms with Gasteiger partial charge < -0.3 is 15.3 Å². The van der Waals surface area contributed by atoms with Crippen molar-refractivity contribution in [3.8, 4) is 0 Å². The summed E-state index contributed by atoms with van der Waals surface area (Å²) in [4.78, 5) is 17.9. The smallest absolute Gasteiger partial charge is 0.254 e. The molecule has 1 aromatic rings. The number of aliphatic hydroxyl groups excluding tert-OH is 1. The van der Waals surface area contributed by atoms with Gasteiger partial charge in [-0.3, -0.25) is 4.79 Å². The Bertz CT molecular complexity index is 426. The number of aliphatic hydroxyl groups is 1. The first kappa shape index (κ1) is 15.7. The maximum absolute atomic E-state index is 12.2. The average molecular weight is 286 g/mol. The minimum atomic E-state index is -0.152. The summed E-state index contributed by atoms with van der Waals surface area (Å²) in [7, 11) is 0. The zero-order valence-corrected chi connectivity index (χ0v) is 12.1. The maximum atomic E-state index is 12.2. The normalized spacial score (nSPS) is 10.3. The van der Waals surface area contributed by atoms with Gasteiger partial charge in [0.25, 0.3) is 5.91 Å². The van der Waals surface area contributed by atoms with E-state index >= 15 is 0 Å². The summed E-state index contributed by atoms with van der Waals surface area (Å²) < 4.78 is 0. The van der Waals surface area contributed by atoms with Crippen LogP contribution in [0.25, 0.3) is 0 Å². The van der Waals surface area contributed by atoms with E-state index in [1.807, 2.05) is 13.8 Å². The zero-order valence-electron chi connectivity index (χ0n) is 11.3. The SMILES string of the molecule is CCCNc1cc(C(=O)N(CC)CCO)cc(Cl)n1. The summed E-state index contributed by atoms with van der Waals surface area (Å²) in [5.74, 6) is 0.443. The average Bonchev–Trinajstić information content (AvgIpc) is 2.41. The summed E-state index contributed by atoms with van der Waals surface area (Å²) in [5.41, 5.74) is 0.480. The Hall–Kier alpha value is -1.33. The Morgan fingerprint density at radius 2 is 2.21 bits per heavy atom. The molecule has 0 bridgehead atoms. The topological polar surface area (TPSA) is 65.5 Å². The molecule has 2 N–H and O–H groups in total. The summed E-state index contributed by atoms with van der Waals surface area (Å²) in [6, 6.07) is 3.23. The van der Waals surface area contributed by atoms with Gasteiger partial charge in [0.1, 0.15) is 11.0 Å². The van der Waals surface area contributed by atoms with E-state index in [0.29, 0.717) is 24.5 Å². The number of rotatable bonds is 7. The Labute approximate surface area is 118 Å². The highest BCUT2D eigenvalue weighted by molar-refractivity contribution is 6.29. The lowest BCUT2D eigenvalue weighted by Crippen LogP contribution is -2.33. The first-order valence-electron chi connectivity index (χ1n) is 6.44. The fourth-order valence-electron chi connectivity index (χ4n) is 1.67. The highest BCUT2D eigenvalue weighted by Gasteiger charge is 2.15. The standard InChI is InChI=1S/C13H20ClN3O2/c1-3-5-15-12-9-10(8-11(14)16-12)13(19)17(4-2)6-7-18/h8-9,18H,3-7H2,1-2H3,(H,15,16). The number of pyridine rings is 1. The molecule has 6 heteroatoms. The number of carbonyl (C=O) groups excluding carboxylic acids is 1. The number of hydrogen-bond acceptors (Lipinski definition) is 4. The van der Waals surface area contributed by atoms with Gasteiger partial charge >= 0.3 is 0 Å². The molecule has 1 heterocycles. The molecular weight excluding hydrogens is 266 g/mol. The van der Waals surface area contributed by atoms with Crippen molar-refractivity contribution in [3.63, 3.8) is 0 Å². The van der Waals surface area contributed by atoms with Crippen LogP contribution in [0.5, 0.6) is 0 Å². The van der Waals surface area contributed by atoms with E-state index in [4.69, 9.17) is 16.7 Å². The Morgan fingerprint density at radius 3 is 2.79 bits per heavy atom. The zero-order chi connectivity index (χ0) is 14.3. The van der Waals surface area contributed by atoms with Crippen molar-refractivity contribution in [3.05, 3.63) is 22.8 Å². The van der Waals surface area contributed by atoms with Crippen molar-refractivity contribution >= 4 is 23.3 Å². The van der Waals surface area contributed by atoms with Crippen LogP contribution in [-0.2, 0) is 0 Å². The van der Waals surface area contributed by atoms with E-state index in [9.17, 15) is 4.79 Å². The summed E-state index contributed by atoms with van der Waals surface area (Å²) in [6.07, 6.45) is 0.961. The van der Waals surface area contributed by atoms with Crippen molar-refractivity contribution in [1.82, 2.24) is 9.88 Å². The lowest BCUT2D eigenvalue weighted by molar-refractivity contribution is 0.0732. The van der Waals surface area contributed by atoms with E-state index in [0.717, 1.165) is 13.0 Å². The van der Waals surface area contributed by atoms with Crippen LogP contribution in [0.4, 0.5) is 5.82 Å². The van der Waals surface area contributed by atoms with E-state index in [2.05, 4.69) is 10.3 Å².